The molecule has 0 saturated carbocycles. The van der Waals surface area contributed by atoms with E-state index in [1.165, 1.54) is 23.9 Å². The van der Waals surface area contributed by atoms with Crippen molar-refractivity contribution in [2.45, 2.75) is 13.8 Å². The number of rotatable bonds is 4. The summed E-state index contributed by atoms with van der Waals surface area (Å²) in [6.07, 6.45) is 0. The van der Waals surface area contributed by atoms with Crippen LogP contribution in [0.5, 0.6) is 5.75 Å². The summed E-state index contributed by atoms with van der Waals surface area (Å²) in [5.41, 5.74) is 2.66. The molecule has 2 aromatic carbocycles. The third kappa shape index (κ3) is 3.21. The Labute approximate surface area is 144 Å². The molecule has 3 rings (SSSR count). The fraction of sp³-hybridized carbons (Fsp3) is 0.167. The van der Waals surface area contributed by atoms with Gasteiger partial charge in [-0.15, -0.1) is 5.10 Å². The molecule has 0 fully saturated rings. The maximum absolute atomic E-state index is 13.3. The number of halogens is 1. The van der Waals surface area contributed by atoms with Crippen LogP contribution in [0.1, 0.15) is 21.7 Å². The molecule has 0 radical (unpaired) electrons. The number of hydrogen-bond acceptors (Lipinski definition) is 4. The zero-order chi connectivity index (χ0) is 18.0. The quantitative estimate of drug-likeness (QED) is 0.791. The average molecular weight is 340 g/mol. The molecule has 0 spiro atoms. The Bertz CT molecular complexity index is 937. The van der Waals surface area contributed by atoms with E-state index in [0.717, 1.165) is 0 Å². The summed E-state index contributed by atoms with van der Waals surface area (Å²) in [6.45, 7) is 3.51. The Kier molecular flexibility index (Phi) is 4.47. The van der Waals surface area contributed by atoms with Gasteiger partial charge in [0.25, 0.3) is 5.91 Å². The molecule has 0 atom stereocenters. The SMILES string of the molecule is COc1ccccc1NC(=O)c1nnn(-c2ccc(F)cc2C)c1C. The molecular weight excluding hydrogens is 323 g/mol. The number of nitrogens with zero attached hydrogens (tertiary/aromatic N) is 3. The number of nitrogens with one attached hydrogen (secondary N) is 1. The predicted octanol–water partition coefficient (Wildman–Crippen LogP) is 3.28. The molecule has 1 N–H and O–H groups in total. The lowest BCUT2D eigenvalue weighted by Gasteiger charge is -2.09. The van der Waals surface area contributed by atoms with E-state index >= 15 is 0 Å². The highest BCUT2D eigenvalue weighted by molar-refractivity contribution is 6.04. The monoisotopic (exact) mass is 340 g/mol. The average Bonchev–Trinajstić information content (AvgIpc) is 2.97. The summed E-state index contributed by atoms with van der Waals surface area (Å²) in [5.74, 6) is -0.170. The second-order valence-corrected chi connectivity index (χ2v) is 5.52. The van der Waals surface area contributed by atoms with E-state index in [-0.39, 0.29) is 11.5 Å². The van der Waals surface area contributed by atoms with Gasteiger partial charge in [-0.2, -0.15) is 0 Å². The number of amides is 1. The van der Waals surface area contributed by atoms with Crippen LogP contribution in [-0.2, 0) is 0 Å². The van der Waals surface area contributed by atoms with Crippen molar-refractivity contribution in [3.05, 3.63) is 65.2 Å². The Hall–Kier alpha value is -3.22. The van der Waals surface area contributed by atoms with Crippen LogP contribution in [0.25, 0.3) is 5.69 Å². The number of benzene rings is 2. The number of aromatic nitrogens is 3. The van der Waals surface area contributed by atoms with E-state index in [1.807, 2.05) is 6.07 Å². The highest BCUT2D eigenvalue weighted by atomic mass is 19.1. The van der Waals surface area contributed by atoms with Gasteiger partial charge in [-0.05, 0) is 49.7 Å². The smallest absolute Gasteiger partial charge is 0.278 e. The first-order valence-corrected chi connectivity index (χ1v) is 7.64. The molecule has 0 aliphatic carbocycles. The molecule has 0 aliphatic rings. The predicted molar refractivity (Wildman–Crippen MR) is 91.7 cm³/mol. The van der Waals surface area contributed by atoms with Crippen molar-refractivity contribution in [3.63, 3.8) is 0 Å². The molecule has 1 amide bonds. The van der Waals surface area contributed by atoms with E-state index in [0.29, 0.717) is 28.4 Å². The van der Waals surface area contributed by atoms with E-state index < -0.39 is 5.91 Å². The van der Waals surface area contributed by atoms with Crippen LogP contribution in [0.3, 0.4) is 0 Å². The Morgan fingerprint density at radius 1 is 1.20 bits per heavy atom. The number of aryl methyl sites for hydroxylation is 1. The van der Waals surface area contributed by atoms with Crippen molar-refractivity contribution < 1.29 is 13.9 Å². The van der Waals surface area contributed by atoms with Gasteiger partial charge in [0.15, 0.2) is 5.69 Å². The van der Waals surface area contributed by atoms with Gasteiger partial charge in [-0.1, -0.05) is 17.3 Å². The van der Waals surface area contributed by atoms with Gasteiger partial charge in [0, 0.05) is 0 Å². The lowest BCUT2D eigenvalue weighted by molar-refractivity contribution is 0.102. The lowest BCUT2D eigenvalue weighted by Crippen LogP contribution is -2.15. The highest BCUT2D eigenvalue weighted by Crippen LogP contribution is 2.24. The third-order valence-corrected chi connectivity index (χ3v) is 3.85. The van der Waals surface area contributed by atoms with Crippen molar-refractivity contribution in [1.29, 1.82) is 0 Å². The van der Waals surface area contributed by atoms with Crippen molar-refractivity contribution in [2.75, 3.05) is 12.4 Å². The van der Waals surface area contributed by atoms with Gasteiger partial charge < -0.3 is 10.1 Å². The summed E-state index contributed by atoms with van der Waals surface area (Å²) >= 11 is 0. The highest BCUT2D eigenvalue weighted by Gasteiger charge is 2.19. The van der Waals surface area contributed by atoms with Crippen LogP contribution < -0.4 is 10.1 Å². The normalized spacial score (nSPS) is 10.6. The van der Waals surface area contributed by atoms with E-state index in [4.69, 9.17) is 4.74 Å². The van der Waals surface area contributed by atoms with Crippen molar-refractivity contribution in [1.82, 2.24) is 15.0 Å². The molecule has 0 saturated heterocycles. The van der Waals surface area contributed by atoms with Gasteiger partial charge in [0.05, 0.1) is 24.2 Å². The zero-order valence-corrected chi connectivity index (χ0v) is 14.1. The Morgan fingerprint density at radius 2 is 1.96 bits per heavy atom. The number of para-hydroxylation sites is 2. The molecule has 3 aromatic rings. The molecule has 0 unspecified atom stereocenters. The maximum Gasteiger partial charge on any atom is 0.278 e. The Balaban J connectivity index is 1.91. The fourth-order valence-electron chi connectivity index (χ4n) is 2.55. The largest absolute Gasteiger partial charge is 0.495 e. The number of carbonyl (C=O) groups excluding carboxylic acids is 1. The van der Waals surface area contributed by atoms with Crippen LogP contribution in [0.15, 0.2) is 42.5 Å². The molecule has 128 valence electrons. The van der Waals surface area contributed by atoms with Crippen molar-refractivity contribution >= 4 is 11.6 Å². The van der Waals surface area contributed by atoms with Crippen LogP contribution >= 0.6 is 0 Å². The minimum absolute atomic E-state index is 0.189. The first kappa shape index (κ1) is 16.6. The van der Waals surface area contributed by atoms with Crippen molar-refractivity contribution in [3.8, 4) is 11.4 Å². The topological polar surface area (TPSA) is 69.0 Å². The molecule has 1 heterocycles. The van der Waals surface area contributed by atoms with E-state index in [2.05, 4.69) is 15.6 Å². The summed E-state index contributed by atoms with van der Waals surface area (Å²) in [7, 11) is 1.53. The summed E-state index contributed by atoms with van der Waals surface area (Å²) in [6, 6.07) is 11.5. The van der Waals surface area contributed by atoms with E-state index in [9.17, 15) is 9.18 Å². The van der Waals surface area contributed by atoms with Crippen LogP contribution in [0.4, 0.5) is 10.1 Å². The molecule has 0 bridgehead atoms. The molecular formula is C18H17FN4O2. The van der Waals surface area contributed by atoms with Gasteiger partial charge >= 0.3 is 0 Å². The Morgan fingerprint density at radius 3 is 2.68 bits per heavy atom. The minimum atomic E-state index is -0.395. The summed E-state index contributed by atoms with van der Waals surface area (Å²) in [4.78, 5) is 12.5. The molecule has 7 heteroatoms. The van der Waals surface area contributed by atoms with Crippen LogP contribution in [-0.4, -0.2) is 28.0 Å². The first-order chi connectivity index (χ1) is 12.0. The summed E-state index contributed by atoms with van der Waals surface area (Å²) in [5, 5.41) is 10.8. The number of ether oxygens (including phenoxy) is 1. The molecule has 6 nitrogen and oxygen atoms in total. The number of hydrogen-bond donors (Lipinski definition) is 1. The maximum atomic E-state index is 13.3. The minimum Gasteiger partial charge on any atom is -0.495 e. The van der Waals surface area contributed by atoms with Crippen LogP contribution in [0.2, 0.25) is 0 Å². The van der Waals surface area contributed by atoms with Gasteiger partial charge in [0.1, 0.15) is 11.6 Å². The number of methoxy groups -OCH3 is 1. The molecule has 25 heavy (non-hydrogen) atoms. The molecule has 0 aliphatic heterocycles. The fourth-order valence-corrected chi connectivity index (χ4v) is 2.55. The van der Waals surface area contributed by atoms with Gasteiger partial charge in [0.2, 0.25) is 0 Å². The third-order valence-electron chi connectivity index (χ3n) is 3.85. The first-order valence-electron chi connectivity index (χ1n) is 7.64. The van der Waals surface area contributed by atoms with Crippen LogP contribution in [0, 0.1) is 19.7 Å². The molecule has 1 aromatic heterocycles. The second-order valence-electron chi connectivity index (χ2n) is 5.52. The summed E-state index contributed by atoms with van der Waals surface area (Å²) < 4.78 is 20.0. The number of anilines is 1. The zero-order valence-electron chi connectivity index (χ0n) is 14.1. The van der Waals surface area contributed by atoms with Crippen molar-refractivity contribution in [2.24, 2.45) is 0 Å². The lowest BCUT2D eigenvalue weighted by atomic mass is 10.2. The standard InChI is InChI=1S/C18H17FN4O2/c1-11-10-13(19)8-9-15(11)23-12(2)17(21-22-23)18(24)20-14-6-4-5-7-16(14)25-3/h4-10H,1-3H3,(H,20,24). The van der Waals surface area contributed by atoms with Gasteiger partial charge in [-0.25, -0.2) is 9.07 Å². The second kappa shape index (κ2) is 6.72. The number of carbonyl (C=O) groups is 1. The van der Waals surface area contributed by atoms with Gasteiger partial charge in [-0.3, -0.25) is 4.79 Å². The van der Waals surface area contributed by atoms with E-state index in [1.54, 1.807) is 38.1 Å².